The van der Waals surface area contributed by atoms with E-state index in [1.807, 2.05) is 30.5 Å². The van der Waals surface area contributed by atoms with Crippen LogP contribution in [-0.2, 0) is 4.79 Å². The highest BCUT2D eigenvalue weighted by molar-refractivity contribution is 7.15. The highest BCUT2D eigenvalue weighted by Crippen LogP contribution is 2.39. The topological polar surface area (TPSA) is 67.3 Å². The van der Waals surface area contributed by atoms with Crippen LogP contribution in [0.25, 0.3) is 10.4 Å². The van der Waals surface area contributed by atoms with Gasteiger partial charge in [0.05, 0.1) is 20.8 Å². The van der Waals surface area contributed by atoms with Gasteiger partial charge in [0, 0.05) is 23.2 Å². The van der Waals surface area contributed by atoms with Crippen molar-refractivity contribution >= 4 is 34.7 Å². The fraction of sp³-hybridized carbons (Fsp3) is 0.261. The number of ketones is 1. The first-order valence-corrected chi connectivity index (χ1v) is 10.8. The molecule has 1 aliphatic rings. The summed E-state index contributed by atoms with van der Waals surface area (Å²) in [5.41, 5.74) is 2.11. The number of aromatic nitrogens is 1. The van der Waals surface area contributed by atoms with Gasteiger partial charge < -0.3 is 5.11 Å². The van der Waals surface area contributed by atoms with E-state index in [4.69, 9.17) is 16.7 Å². The lowest BCUT2D eigenvalue weighted by molar-refractivity contribution is -0.142. The molecule has 1 aliphatic carbocycles. The predicted molar refractivity (Wildman–Crippen MR) is 115 cm³/mol. The maximum atomic E-state index is 12.7. The quantitative estimate of drug-likeness (QED) is 0.505. The second-order valence-corrected chi connectivity index (χ2v) is 8.81. The molecule has 1 fully saturated rings. The van der Waals surface area contributed by atoms with Crippen LogP contribution in [-0.4, -0.2) is 21.8 Å². The summed E-state index contributed by atoms with van der Waals surface area (Å²) >= 11 is 7.79. The monoisotopic (exact) mass is 425 g/mol. The number of thiazole rings is 1. The molecule has 0 unspecified atom stereocenters. The number of rotatable bonds is 5. The van der Waals surface area contributed by atoms with Crippen LogP contribution in [0, 0.1) is 5.92 Å². The molecule has 3 aromatic rings. The highest BCUT2D eigenvalue weighted by atomic mass is 35.5. The SMILES string of the molecule is O=C(c1ccc(-c2cnc(C3CCC(C(=O)O)CC3)s2)cc1)c1ccccc1Cl. The Hall–Kier alpha value is -2.50. The Morgan fingerprint density at radius 2 is 1.69 bits per heavy atom. The van der Waals surface area contributed by atoms with Crippen LogP contribution < -0.4 is 0 Å². The lowest BCUT2D eigenvalue weighted by Crippen LogP contribution is -2.20. The molecule has 0 bridgehead atoms. The van der Waals surface area contributed by atoms with Crippen molar-refractivity contribution in [2.75, 3.05) is 0 Å². The predicted octanol–water partition coefficient (Wildman–Crippen LogP) is 6.05. The molecule has 0 saturated heterocycles. The van der Waals surface area contributed by atoms with Gasteiger partial charge in [0.2, 0.25) is 0 Å². The second kappa shape index (κ2) is 8.47. The molecule has 1 N–H and O–H groups in total. The molecule has 6 heteroatoms. The van der Waals surface area contributed by atoms with E-state index in [9.17, 15) is 9.59 Å². The summed E-state index contributed by atoms with van der Waals surface area (Å²) in [5, 5.41) is 10.7. The Bertz CT molecular complexity index is 1040. The van der Waals surface area contributed by atoms with Gasteiger partial charge in [-0.2, -0.15) is 0 Å². The molecule has 4 nitrogen and oxygen atoms in total. The Labute approximate surface area is 178 Å². The van der Waals surface area contributed by atoms with Crippen LogP contribution in [0.1, 0.15) is 52.5 Å². The van der Waals surface area contributed by atoms with Crippen molar-refractivity contribution in [3.05, 3.63) is 75.9 Å². The van der Waals surface area contributed by atoms with Crippen LogP contribution in [0.4, 0.5) is 0 Å². The summed E-state index contributed by atoms with van der Waals surface area (Å²) in [6.07, 6.45) is 5.04. The number of carboxylic acid groups (broad SMARTS) is 1. The molecule has 0 amide bonds. The number of halogens is 1. The van der Waals surface area contributed by atoms with E-state index in [1.165, 1.54) is 0 Å². The molecule has 148 valence electrons. The van der Waals surface area contributed by atoms with Gasteiger partial charge in [-0.25, -0.2) is 4.98 Å². The lowest BCUT2D eigenvalue weighted by atomic mass is 9.82. The Morgan fingerprint density at radius 1 is 1.00 bits per heavy atom. The molecule has 4 rings (SSSR count). The zero-order chi connectivity index (χ0) is 20.4. The Balaban J connectivity index is 1.47. The first-order valence-electron chi connectivity index (χ1n) is 9.61. The summed E-state index contributed by atoms with van der Waals surface area (Å²) in [6, 6.07) is 14.6. The van der Waals surface area contributed by atoms with Crippen molar-refractivity contribution < 1.29 is 14.7 Å². The number of carbonyl (C=O) groups is 2. The Kier molecular flexibility index (Phi) is 5.79. The third-order valence-corrected chi connectivity index (χ3v) is 7.04. The molecule has 1 saturated carbocycles. The van der Waals surface area contributed by atoms with Crippen LogP contribution in [0.15, 0.2) is 54.7 Å². The minimum Gasteiger partial charge on any atom is -0.481 e. The maximum Gasteiger partial charge on any atom is 0.306 e. The second-order valence-electron chi connectivity index (χ2n) is 7.34. The minimum atomic E-state index is -0.685. The number of carboxylic acids is 1. The number of aliphatic carboxylic acids is 1. The van der Waals surface area contributed by atoms with Gasteiger partial charge in [-0.3, -0.25) is 9.59 Å². The van der Waals surface area contributed by atoms with Gasteiger partial charge in [0.1, 0.15) is 0 Å². The molecule has 0 atom stereocenters. The fourth-order valence-electron chi connectivity index (χ4n) is 3.78. The third kappa shape index (κ3) is 4.26. The number of benzene rings is 2. The lowest BCUT2D eigenvalue weighted by Gasteiger charge is -2.24. The first kappa shape index (κ1) is 19.8. The number of hydrogen-bond donors (Lipinski definition) is 1. The van der Waals surface area contributed by atoms with E-state index in [0.717, 1.165) is 28.3 Å². The zero-order valence-corrected chi connectivity index (χ0v) is 17.2. The average Bonchev–Trinajstić information content (AvgIpc) is 3.24. The summed E-state index contributed by atoms with van der Waals surface area (Å²) in [7, 11) is 0. The normalized spacial score (nSPS) is 19.1. The average molecular weight is 426 g/mol. The summed E-state index contributed by atoms with van der Waals surface area (Å²) in [6.45, 7) is 0. The maximum absolute atomic E-state index is 12.7. The van der Waals surface area contributed by atoms with Crippen molar-refractivity contribution in [3.63, 3.8) is 0 Å². The van der Waals surface area contributed by atoms with Gasteiger partial charge >= 0.3 is 5.97 Å². The van der Waals surface area contributed by atoms with Gasteiger partial charge in [-0.15, -0.1) is 11.3 Å². The van der Waals surface area contributed by atoms with Crippen molar-refractivity contribution in [1.29, 1.82) is 0 Å². The highest BCUT2D eigenvalue weighted by Gasteiger charge is 2.28. The molecule has 0 spiro atoms. The first-order chi connectivity index (χ1) is 14.0. The van der Waals surface area contributed by atoms with Gasteiger partial charge in [-0.1, -0.05) is 48.0 Å². The van der Waals surface area contributed by atoms with E-state index < -0.39 is 5.97 Å². The smallest absolute Gasteiger partial charge is 0.306 e. The third-order valence-electron chi connectivity index (χ3n) is 5.50. The van der Waals surface area contributed by atoms with Crippen LogP contribution in [0.2, 0.25) is 5.02 Å². The van der Waals surface area contributed by atoms with E-state index in [2.05, 4.69) is 4.98 Å². The molecular weight excluding hydrogens is 406 g/mol. The molecule has 1 aromatic heterocycles. The van der Waals surface area contributed by atoms with Gasteiger partial charge in [0.15, 0.2) is 5.78 Å². The Morgan fingerprint density at radius 3 is 2.34 bits per heavy atom. The van der Waals surface area contributed by atoms with Gasteiger partial charge in [-0.05, 0) is 43.4 Å². The number of carbonyl (C=O) groups excluding carboxylic acids is 1. The summed E-state index contributed by atoms with van der Waals surface area (Å²) in [5.74, 6) is -0.656. The van der Waals surface area contributed by atoms with Crippen LogP contribution in [0.3, 0.4) is 0 Å². The summed E-state index contributed by atoms with van der Waals surface area (Å²) in [4.78, 5) is 29.4. The molecule has 1 heterocycles. The van der Waals surface area contributed by atoms with Crippen molar-refractivity contribution in [2.45, 2.75) is 31.6 Å². The minimum absolute atomic E-state index is 0.0951. The largest absolute Gasteiger partial charge is 0.481 e. The van der Waals surface area contributed by atoms with E-state index in [1.54, 1.807) is 35.6 Å². The van der Waals surface area contributed by atoms with Crippen LogP contribution >= 0.6 is 22.9 Å². The molecular formula is C23H20ClNO3S. The van der Waals surface area contributed by atoms with E-state index in [-0.39, 0.29) is 11.7 Å². The standard InChI is InChI=1S/C23H20ClNO3S/c24-19-4-2-1-3-18(19)21(26)15-7-5-14(6-8-15)20-13-25-22(29-20)16-9-11-17(12-10-16)23(27)28/h1-8,13,16-17H,9-12H2,(H,27,28). The molecule has 29 heavy (non-hydrogen) atoms. The van der Waals surface area contributed by atoms with Crippen LogP contribution in [0.5, 0.6) is 0 Å². The van der Waals surface area contributed by atoms with Crippen molar-refractivity contribution in [2.24, 2.45) is 5.92 Å². The summed E-state index contributed by atoms with van der Waals surface area (Å²) < 4.78 is 0. The number of nitrogens with zero attached hydrogens (tertiary/aromatic N) is 1. The van der Waals surface area contributed by atoms with E-state index >= 15 is 0 Å². The fourth-order valence-corrected chi connectivity index (χ4v) is 5.10. The van der Waals surface area contributed by atoms with Crippen molar-refractivity contribution in [3.8, 4) is 10.4 Å². The zero-order valence-electron chi connectivity index (χ0n) is 15.7. The van der Waals surface area contributed by atoms with Crippen molar-refractivity contribution in [1.82, 2.24) is 4.98 Å². The van der Waals surface area contributed by atoms with Gasteiger partial charge in [0.25, 0.3) is 0 Å². The molecule has 0 radical (unpaired) electrons. The molecule has 0 aliphatic heterocycles. The molecule has 2 aromatic carbocycles. The van der Waals surface area contributed by atoms with E-state index in [0.29, 0.717) is 34.9 Å². The number of hydrogen-bond acceptors (Lipinski definition) is 4.